The highest BCUT2D eigenvalue weighted by atomic mass is 32.1. The van der Waals surface area contributed by atoms with E-state index in [1.54, 1.807) is 12.1 Å². The first-order valence-corrected chi connectivity index (χ1v) is 10.8. The highest BCUT2D eigenvalue weighted by Crippen LogP contribution is 2.39. The molecule has 0 saturated heterocycles. The summed E-state index contributed by atoms with van der Waals surface area (Å²) in [5.74, 6) is 0.00328. The molecule has 0 radical (unpaired) electrons. The van der Waals surface area contributed by atoms with E-state index in [2.05, 4.69) is 15.6 Å². The summed E-state index contributed by atoms with van der Waals surface area (Å²) in [6, 6.07) is 14.8. The Hall–Kier alpha value is -3.19. The minimum Gasteiger partial charge on any atom is -0.492 e. The van der Waals surface area contributed by atoms with Crippen molar-refractivity contribution >= 4 is 34.0 Å². The number of carbonyl (C=O) groups is 2. The molecule has 7 heteroatoms. The fourth-order valence-electron chi connectivity index (χ4n) is 3.48. The Kier molecular flexibility index (Phi) is 5.81. The Balaban J connectivity index is 1.47. The van der Waals surface area contributed by atoms with Crippen molar-refractivity contribution in [2.45, 2.75) is 32.6 Å². The molecule has 6 nitrogen and oxygen atoms in total. The van der Waals surface area contributed by atoms with E-state index in [4.69, 9.17) is 4.74 Å². The van der Waals surface area contributed by atoms with Crippen molar-refractivity contribution in [1.82, 2.24) is 4.98 Å². The lowest BCUT2D eigenvalue weighted by atomic mass is 10.1. The number of nitrogens with one attached hydrogen (secondary N) is 2. The number of thiazole rings is 1. The van der Waals surface area contributed by atoms with E-state index in [0.29, 0.717) is 35.2 Å². The topological polar surface area (TPSA) is 80.3 Å². The zero-order valence-corrected chi connectivity index (χ0v) is 17.7. The largest absolute Gasteiger partial charge is 0.492 e. The van der Waals surface area contributed by atoms with Crippen LogP contribution in [0, 0.1) is 6.92 Å². The van der Waals surface area contributed by atoms with Gasteiger partial charge in [-0.25, -0.2) is 4.98 Å². The number of hydrogen-bond acceptors (Lipinski definition) is 5. The van der Waals surface area contributed by atoms with E-state index >= 15 is 0 Å². The van der Waals surface area contributed by atoms with Gasteiger partial charge in [0.1, 0.15) is 5.75 Å². The number of rotatable bonds is 6. The van der Waals surface area contributed by atoms with Crippen molar-refractivity contribution in [3.63, 3.8) is 0 Å². The molecular formula is C23H23N3O3S. The Morgan fingerprint density at radius 2 is 1.90 bits per heavy atom. The van der Waals surface area contributed by atoms with E-state index < -0.39 is 0 Å². The number of benzene rings is 2. The zero-order valence-electron chi connectivity index (χ0n) is 16.9. The van der Waals surface area contributed by atoms with Crippen molar-refractivity contribution in [3.8, 4) is 5.75 Å². The van der Waals surface area contributed by atoms with Crippen LogP contribution in [-0.2, 0) is 11.2 Å². The third-order valence-corrected chi connectivity index (χ3v) is 6.06. The molecule has 30 heavy (non-hydrogen) atoms. The summed E-state index contributed by atoms with van der Waals surface area (Å²) in [6.45, 7) is 4.41. The minimum absolute atomic E-state index is 0.109. The van der Waals surface area contributed by atoms with Crippen LogP contribution in [0.15, 0.2) is 48.5 Å². The Bertz CT molecular complexity index is 1080. The van der Waals surface area contributed by atoms with Gasteiger partial charge in [0.05, 0.1) is 23.9 Å². The smallest absolute Gasteiger partial charge is 0.257 e. The highest BCUT2D eigenvalue weighted by Gasteiger charge is 2.33. The molecule has 3 aromatic rings. The van der Waals surface area contributed by atoms with Crippen molar-refractivity contribution < 1.29 is 14.3 Å². The maximum atomic E-state index is 12.9. The van der Waals surface area contributed by atoms with Crippen LogP contribution < -0.4 is 15.4 Å². The summed E-state index contributed by atoms with van der Waals surface area (Å²) in [4.78, 5) is 31.0. The number of nitrogens with zero attached hydrogens (tertiary/aromatic N) is 1. The SMILES string of the molecule is CCOc1ccccc1NC(=O)C1CCc2sc(NC(=O)c3ccc(C)cc3)nc21. The van der Waals surface area contributed by atoms with Crippen molar-refractivity contribution in [1.29, 1.82) is 0 Å². The average Bonchev–Trinajstić information content (AvgIpc) is 3.30. The lowest BCUT2D eigenvalue weighted by Crippen LogP contribution is -2.20. The van der Waals surface area contributed by atoms with Gasteiger partial charge >= 0.3 is 0 Å². The zero-order chi connectivity index (χ0) is 21.1. The standard InChI is InChI=1S/C23H23N3O3S/c1-3-29-18-7-5-4-6-17(18)24-22(28)16-12-13-19-20(16)25-23(30-19)26-21(27)15-10-8-14(2)9-11-15/h4-11,16H,3,12-13H2,1-2H3,(H,24,28)(H,25,26,27). The first-order chi connectivity index (χ1) is 14.5. The molecule has 1 unspecified atom stereocenters. The van der Waals surface area contributed by atoms with Crippen LogP contribution >= 0.6 is 11.3 Å². The predicted octanol–water partition coefficient (Wildman–Crippen LogP) is 4.77. The van der Waals surface area contributed by atoms with E-state index in [1.165, 1.54) is 11.3 Å². The molecule has 4 rings (SSSR count). The van der Waals surface area contributed by atoms with Gasteiger partial charge in [-0.3, -0.25) is 14.9 Å². The monoisotopic (exact) mass is 421 g/mol. The van der Waals surface area contributed by atoms with Gasteiger partial charge in [-0.1, -0.05) is 29.8 Å². The maximum absolute atomic E-state index is 12.9. The van der Waals surface area contributed by atoms with Gasteiger partial charge in [0.25, 0.3) is 5.91 Å². The molecule has 1 aromatic heterocycles. The molecule has 0 bridgehead atoms. The van der Waals surface area contributed by atoms with Gasteiger partial charge in [0, 0.05) is 10.4 Å². The number of fused-ring (bicyclic) bond motifs is 1. The van der Waals surface area contributed by atoms with Crippen LogP contribution in [0.4, 0.5) is 10.8 Å². The molecule has 0 aliphatic heterocycles. The van der Waals surface area contributed by atoms with Crippen molar-refractivity contribution in [2.24, 2.45) is 0 Å². The molecule has 154 valence electrons. The molecule has 1 heterocycles. The second-order valence-electron chi connectivity index (χ2n) is 7.16. The van der Waals surface area contributed by atoms with Crippen LogP contribution in [0.25, 0.3) is 0 Å². The van der Waals surface area contributed by atoms with E-state index in [1.807, 2.05) is 50.2 Å². The molecule has 2 aromatic carbocycles. The molecule has 2 amide bonds. The number of hydrogen-bond donors (Lipinski definition) is 2. The normalized spacial score (nSPS) is 14.8. The predicted molar refractivity (Wildman–Crippen MR) is 119 cm³/mol. The van der Waals surface area contributed by atoms with Crippen LogP contribution in [0.3, 0.4) is 0 Å². The summed E-state index contributed by atoms with van der Waals surface area (Å²) >= 11 is 1.44. The van der Waals surface area contributed by atoms with Crippen LogP contribution in [0.5, 0.6) is 5.75 Å². The van der Waals surface area contributed by atoms with E-state index in [-0.39, 0.29) is 17.7 Å². The number of aryl methyl sites for hydroxylation is 2. The molecule has 1 atom stereocenters. The third kappa shape index (κ3) is 4.21. The molecule has 2 N–H and O–H groups in total. The highest BCUT2D eigenvalue weighted by molar-refractivity contribution is 7.16. The van der Waals surface area contributed by atoms with Crippen LogP contribution in [-0.4, -0.2) is 23.4 Å². The van der Waals surface area contributed by atoms with Gasteiger partial charge in [-0.2, -0.15) is 0 Å². The first kappa shape index (κ1) is 20.1. The van der Waals surface area contributed by atoms with Crippen molar-refractivity contribution in [2.75, 3.05) is 17.2 Å². The van der Waals surface area contributed by atoms with Gasteiger partial charge in [0.15, 0.2) is 5.13 Å². The number of amides is 2. The summed E-state index contributed by atoms with van der Waals surface area (Å²) in [5, 5.41) is 6.36. The van der Waals surface area contributed by atoms with Gasteiger partial charge in [-0.15, -0.1) is 11.3 Å². The average molecular weight is 422 g/mol. The van der Waals surface area contributed by atoms with E-state index in [0.717, 1.165) is 22.6 Å². The number of ether oxygens (including phenoxy) is 1. The number of para-hydroxylation sites is 2. The minimum atomic E-state index is -0.337. The lowest BCUT2D eigenvalue weighted by Gasteiger charge is -2.14. The summed E-state index contributed by atoms with van der Waals surface area (Å²) in [5.41, 5.74) is 3.09. The Labute approximate surface area is 179 Å². The van der Waals surface area contributed by atoms with Gasteiger partial charge in [0.2, 0.25) is 5.91 Å². The summed E-state index contributed by atoms with van der Waals surface area (Å²) < 4.78 is 5.59. The second-order valence-corrected chi connectivity index (χ2v) is 8.24. The second kappa shape index (κ2) is 8.67. The van der Waals surface area contributed by atoms with Gasteiger partial charge < -0.3 is 10.1 Å². The van der Waals surface area contributed by atoms with Crippen LogP contribution in [0.1, 0.15) is 45.8 Å². The fraction of sp³-hybridized carbons (Fsp3) is 0.261. The molecule has 0 fully saturated rings. The fourth-order valence-corrected chi connectivity index (χ4v) is 4.51. The molecule has 1 aliphatic rings. The first-order valence-electron chi connectivity index (χ1n) is 9.95. The third-order valence-electron chi connectivity index (χ3n) is 5.01. The summed E-state index contributed by atoms with van der Waals surface area (Å²) in [6.07, 6.45) is 1.49. The van der Waals surface area contributed by atoms with Gasteiger partial charge in [-0.05, 0) is 51.0 Å². The maximum Gasteiger partial charge on any atom is 0.257 e. The molecule has 0 spiro atoms. The quantitative estimate of drug-likeness (QED) is 0.601. The number of aromatic nitrogens is 1. The lowest BCUT2D eigenvalue weighted by molar-refractivity contribution is -0.117. The number of anilines is 2. The van der Waals surface area contributed by atoms with Crippen LogP contribution in [0.2, 0.25) is 0 Å². The van der Waals surface area contributed by atoms with E-state index in [9.17, 15) is 9.59 Å². The Morgan fingerprint density at radius 1 is 1.13 bits per heavy atom. The van der Waals surface area contributed by atoms with Crippen molar-refractivity contribution in [3.05, 3.63) is 70.2 Å². The molecule has 0 saturated carbocycles. The number of carbonyl (C=O) groups excluding carboxylic acids is 2. The Morgan fingerprint density at radius 3 is 2.67 bits per heavy atom. The molecular weight excluding hydrogens is 398 g/mol. The molecule has 1 aliphatic carbocycles. The summed E-state index contributed by atoms with van der Waals surface area (Å²) in [7, 11) is 0.